The Kier molecular flexibility index (Phi) is 6.38. The van der Waals surface area contributed by atoms with Crippen LogP contribution in [0.3, 0.4) is 0 Å². The second-order valence-electron chi connectivity index (χ2n) is 4.05. The molecule has 0 spiro atoms. The lowest BCUT2D eigenvalue weighted by molar-refractivity contribution is 0.228. The van der Waals surface area contributed by atoms with Crippen LogP contribution in [0.1, 0.15) is 39.0 Å². The molecule has 0 aromatic heterocycles. The number of nitrogens with zero attached hydrogens (tertiary/aromatic N) is 1. The van der Waals surface area contributed by atoms with Crippen molar-refractivity contribution < 1.29 is 4.79 Å². The second kappa shape index (κ2) is 7.60. The van der Waals surface area contributed by atoms with Crippen molar-refractivity contribution in [3.63, 3.8) is 0 Å². The summed E-state index contributed by atoms with van der Waals surface area (Å²) in [6.07, 6.45) is 8.20. The monoisotopic (exact) mass is 242 g/mol. The van der Waals surface area contributed by atoms with Crippen LogP contribution in [0.15, 0.2) is 12.7 Å². The topological polar surface area (TPSA) is 32.3 Å². The zero-order chi connectivity index (χ0) is 11.8. The largest absolute Gasteiger partial charge is 0.338 e. The first-order valence-corrected chi connectivity index (χ1v) is 6.94. The van der Waals surface area contributed by atoms with Crippen molar-refractivity contribution in [2.24, 2.45) is 0 Å². The van der Waals surface area contributed by atoms with Gasteiger partial charge < -0.3 is 5.32 Å². The van der Waals surface area contributed by atoms with Crippen LogP contribution >= 0.6 is 11.9 Å². The molecule has 0 unspecified atom stereocenters. The molecule has 4 heteroatoms. The summed E-state index contributed by atoms with van der Waals surface area (Å²) < 4.78 is 1.80. The average Bonchev–Trinajstić information content (AvgIpc) is 2.30. The van der Waals surface area contributed by atoms with Crippen LogP contribution in [0.25, 0.3) is 0 Å². The standard InChI is InChI=1S/C12H22N2OS/c1-3-10-14(12(15)13-4-2)16-11-8-6-5-7-9-11/h3,11H,1,4-10H2,2H3,(H,13,15). The van der Waals surface area contributed by atoms with Crippen LogP contribution in [0.4, 0.5) is 4.79 Å². The van der Waals surface area contributed by atoms with E-state index in [0.717, 1.165) is 0 Å². The molecule has 1 aliphatic carbocycles. The molecule has 0 heterocycles. The van der Waals surface area contributed by atoms with Gasteiger partial charge in [0.15, 0.2) is 0 Å². The van der Waals surface area contributed by atoms with Crippen molar-refractivity contribution in [1.82, 2.24) is 9.62 Å². The van der Waals surface area contributed by atoms with E-state index in [0.29, 0.717) is 18.3 Å². The predicted molar refractivity (Wildman–Crippen MR) is 70.4 cm³/mol. The molecule has 92 valence electrons. The molecule has 1 saturated carbocycles. The minimum Gasteiger partial charge on any atom is -0.338 e. The van der Waals surface area contributed by atoms with Gasteiger partial charge >= 0.3 is 6.03 Å². The smallest absolute Gasteiger partial charge is 0.327 e. The van der Waals surface area contributed by atoms with Crippen molar-refractivity contribution in [3.05, 3.63) is 12.7 Å². The Labute approximate surface area is 103 Å². The number of nitrogens with one attached hydrogen (secondary N) is 1. The van der Waals surface area contributed by atoms with Crippen molar-refractivity contribution in [3.8, 4) is 0 Å². The van der Waals surface area contributed by atoms with Gasteiger partial charge in [-0.2, -0.15) is 0 Å². The summed E-state index contributed by atoms with van der Waals surface area (Å²) in [5.41, 5.74) is 0. The second-order valence-corrected chi connectivity index (χ2v) is 5.37. The molecule has 0 aromatic carbocycles. The normalized spacial score (nSPS) is 16.8. The fraction of sp³-hybridized carbons (Fsp3) is 0.750. The molecule has 1 rings (SSSR count). The highest BCUT2D eigenvalue weighted by atomic mass is 32.2. The average molecular weight is 242 g/mol. The van der Waals surface area contributed by atoms with Gasteiger partial charge in [0, 0.05) is 11.8 Å². The van der Waals surface area contributed by atoms with Gasteiger partial charge in [-0.25, -0.2) is 4.79 Å². The molecule has 0 saturated heterocycles. The Morgan fingerprint density at radius 2 is 2.19 bits per heavy atom. The maximum absolute atomic E-state index is 11.8. The molecule has 1 fully saturated rings. The summed E-state index contributed by atoms with van der Waals surface area (Å²) in [6.45, 7) is 6.94. The molecule has 3 nitrogen and oxygen atoms in total. The van der Waals surface area contributed by atoms with Crippen LogP contribution in [-0.2, 0) is 0 Å². The summed E-state index contributed by atoms with van der Waals surface area (Å²) >= 11 is 1.69. The number of carbonyl (C=O) groups excluding carboxylic acids is 1. The lowest BCUT2D eigenvalue weighted by Gasteiger charge is -2.27. The minimum atomic E-state index is 0.0120. The van der Waals surface area contributed by atoms with Crippen molar-refractivity contribution in [2.75, 3.05) is 13.1 Å². The predicted octanol–water partition coefficient (Wildman–Crippen LogP) is 3.18. The van der Waals surface area contributed by atoms with E-state index in [9.17, 15) is 4.79 Å². The molecular weight excluding hydrogens is 220 g/mol. The van der Waals surface area contributed by atoms with Gasteiger partial charge in [0.25, 0.3) is 0 Å². The number of hydrogen-bond donors (Lipinski definition) is 1. The molecule has 0 aliphatic heterocycles. The van der Waals surface area contributed by atoms with E-state index in [1.807, 2.05) is 6.92 Å². The van der Waals surface area contributed by atoms with E-state index in [2.05, 4.69) is 11.9 Å². The fourth-order valence-corrected chi connectivity index (χ4v) is 3.14. The Morgan fingerprint density at radius 1 is 1.50 bits per heavy atom. The first-order chi connectivity index (χ1) is 7.77. The Hall–Kier alpha value is -0.640. The van der Waals surface area contributed by atoms with Gasteiger partial charge in [-0.15, -0.1) is 6.58 Å². The van der Waals surface area contributed by atoms with Crippen molar-refractivity contribution in [2.45, 2.75) is 44.3 Å². The molecule has 1 aliphatic rings. The third kappa shape index (κ3) is 4.47. The molecule has 0 atom stereocenters. The maximum atomic E-state index is 11.8. The summed E-state index contributed by atoms with van der Waals surface area (Å²) in [6, 6.07) is 0.0120. The summed E-state index contributed by atoms with van der Waals surface area (Å²) in [5, 5.41) is 3.45. The van der Waals surface area contributed by atoms with Crippen LogP contribution in [0, 0.1) is 0 Å². The van der Waals surface area contributed by atoms with Crippen LogP contribution in [0.2, 0.25) is 0 Å². The summed E-state index contributed by atoms with van der Waals surface area (Å²) in [5.74, 6) is 0. The molecule has 0 aromatic rings. The molecule has 16 heavy (non-hydrogen) atoms. The molecule has 2 amide bonds. The van der Waals surface area contributed by atoms with Gasteiger partial charge in [-0.3, -0.25) is 4.31 Å². The van der Waals surface area contributed by atoms with Crippen LogP contribution in [0.5, 0.6) is 0 Å². The Balaban J connectivity index is 2.42. The van der Waals surface area contributed by atoms with Gasteiger partial charge in [0.1, 0.15) is 0 Å². The van der Waals surface area contributed by atoms with Gasteiger partial charge in [0.2, 0.25) is 0 Å². The van der Waals surface area contributed by atoms with Gasteiger partial charge in [0.05, 0.1) is 6.54 Å². The lowest BCUT2D eigenvalue weighted by atomic mass is 10.0. The van der Waals surface area contributed by atoms with E-state index in [-0.39, 0.29) is 6.03 Å². The summed E-state index contributed by atoms with van der Waals surface area (Å²) in [4.78, 5) is 11.8. The van der Waals surface area contributed by atoms with E-state index in [1.54, 1.807) is 22.3 Å². The molecule has 1 N–H and O–H groups in total. The lowest BCUT2D eigenvalue weighted by Crippen LogP contribution is -2.37. The molecular formula is C12H22N2OS. The van der Waals surface area contributed by atoms with Gasteiger partial charge in [-0.1, -0.05) is 25.3 Å². The third-order valence-electron chi connectivity index (χ3n) is 2.68. The van der Waals surface area contributed by atoms with Gasteiger partial charge in [-0.05, 0) is 31.7 Å². The Morgan fingerprint density at radius 3 is 2.75 bits per heavy atom. The van der Waals surface area contributed by atoms with E-state index < -0.39 is 0 Å². The number of amides is 2. The first kappa shape index (κ1) is 13.4. The van der Waals surface area contributed by atoms with E-state index in [4.69, 9.17) is 0 Å². The molecule has 0 bridgehead atoms. The summed E-state index contributed by atoms with van der Waals surface area (Å²) in [7, 11) is 0. The van der Waals surface area contributed by atoms with E-state index >= 15 is 0 Å². The van der Waals surface area contributed by atoms with Crippen molar-refractivity contribution >= 4 is 18.0 Å². The highest BCUT2D eigenvalue weighted by molar-refractivity contribution is 7.98. The zero-order valence-electron chi connectivity index (χ0n) is 10.1. The quantitative estimate of drug-likeness (QED) is 0.593. The molecule has 0 radical (unpaired) electrons. The minimum absolute atomic E-state index is 0.0120. The SMILES string of the molecule is C=CCN(SC1CCCCC1)C(=O)NCC. The van der Waals surface area contributed by atoms with Crippen molar-refractivity contribution in [1.29, 1.82) is 0 Å². The highest BCUT2D eigenvalue weighted by Crippen LogP contribution is 2.30. The fourth-order valence-electron chi connectivity index (χ4n) is 1.88. The Bertz CT molecular complexity index is 227. The maximum Gasteiger partial charge on any atom is 0.327 e. The number of urea groups is 1. The zero-order valence-corrected chi connectivity index (χ0v) is 10.9. The van der Waals surface area contributed by atoms with Crippen LogP contribution in [-0.4, -0.2) is 28.7 Å². The first-order valence-electron chi connectivity index (χ1n) is 6.11. The van der Waals surface area contributed by atoms with Crippen LogP contribution < -0.4 is 5.32 Å². The highest BCUT2D eigenvalue weighted by Gasteiger charge is 2.20. The van der Waals surface area contributed by atoms with E-state index in [1.165, 1.54) is 32.1 Å². The third-order valence-corrected chi connectivity index (χ3v) is 4.02. The number of hydrogen-bond acceptors (Lipinski definition) is 2. The number of carbonyl (C=O) groups is 1. The number of rotatable bonds is 5.